The van der Waals surface area contributed by atoms with E-state index in [1.165, 1.54) is 0 Å². The van der Waals surface area contributed by atoms with Crippen LogP contribution in [-0.4, -0.2) is 45.2 Å². The molecule has 0 fully saturated rings. The van der Waals surface area contributed by atoms with Crippen LogP contribution < -0.4 is 14.2 Å². The Balaban J connectivity index is 1.77. The van der Waals surface area contributed by atoms with E-state index in [9.17, 15) is 4.79 Å². The van der Waals surface area contributed by atoms with Gasteiger partial charge in [0, 0.05) is 31.3 Å². The van der Waals surface area contributed by atoms with Crippen molar-refractivity contribution in [3.05, 3.63) is 65.2 Å². The van der Waals surface area contributed by atoms with Crippen molar-refractivity contribution in [2.75, 3.05) is 34.4 Å². The molecular weight excluding hydrogens is 366 g/mol. The zero-order valence-corrected chi connectivity index (χ0v) is 17.4. The minimum Gasteiger partial charge on any atom is -0.496 e. The van der Waals surface area contributed by atoms with Crippen LogP contribution in [0, 0.1) is 6.92 Å². The molecule has 0 N–H and O–H groups in total. The van der Waals surface area contributed by atoms with Crippen LogP contribution in [0.3, 0.4) is 0 Å². The number of methoxy groups -OCH3 is 3. The van der Waals surface area contributed by atoms with Crippen LogP contribution in [0.4, 0.5) is 0 Å². The van der Waals surface area contributed by atoms with E-state index in [-0.39, 0.29) is 5.91 Å². The quantitative estimate of drug-likeness (QED) is 0.685. The lowest BCUT2D eigenvalue weighted by Gasteiger charge is -2.27. The molecule has 5 nitrogen and oxygen atoms in total. The fourth-order valence-electron chi connectivity index (χ4n) is 3.46. The first kappa shape index (κ1) is 20.5. The van der Waals surface area contributed by atoms with Crippen molar-refractivity contribution in [3.63, 3.8) is 0 Å². The van der Waals surface area contributed by atoms with Crippen LogP contribution in [0.2, 0.25) is 0 Å². The van der Waals surface area contributed by atoms with Gasteiger partial charge in [-0.3, -0.25) is 4.79 Å². The molecule has 152 valence electrons. The van der Waals surface area contributed by atoms with E-state index in [4.69, 9.17) is 14.2 Å². The second kappa shape index (κ2) is 9.32. The van der Waals surface area contributed by atoms with Gasteiger partial charge in [-0.1, -0.05) is 30.3 Å². The highest BCUT2D eigenvalue weighted by atomic mass is 16.5. The molecule has 2 aromatic carbocycles. The number of amides is 1. The van der Waals surface area contributed by atoms with Crippen molar-refractivity contribution in [1.82, 2.24) is 4.90 Å². The Kier molecular flexibility index (Phi) is 6.60. The average Bonchev–Trinajstić information content (AvgIpc) is 2.77. The molecule has 0 aromatic heterocycles. The first-order valence-corrected chi connectivity index (χ1v) is 9.59. The highest BCUT2D eigenvalue weighted by molar-refractivity contribution is 5.92. The summed E-state index contributed by atoms with van der Waals surface area (Å²) in [7, 11) is 4.88. The second-order valence-corrected chi connectivity index (χ2v) is 6.86. The number of carbonyl (C=O) groups is 1. The summed E-state index contributed by atoms with van der Waals surface area (Å²) in [4.78, 5) is 14.4. The lowest BCUT2D eigenvalue weighted by molar-refractivity contribution is -0.125. The fraction of sp³-hybridized carbons (Fsp3) is 0.292. The van der Waals surface area contributed by atoms with Crippen LogP contribution in [0.1, 0.15) is 23.1 Å². The highest BCUT2D eigenvalue weighted by Gasteiger charge is 2.22. The van der Waals surface area contributed by atoms with Gasteiger partial charge in [-0.15, -0.1) is 0 Å². The third-order valence-corrected chi connectivity index (χ3v) is 5.15. The number of rotatable bonds is 6. The van der Waals surface area contributed by atoms with Crippen molar-refractivity contribution in [2.45, 2.75) is 13.3 Å². The van der Waals surface area contributed by atoms with Crippen LogP contribution in [0.25, 0.3) is 11.6 Å². The Morgan fingerprint density at radius 1 is 1.03 bits per heavy atom. The van der Waals surface area contributed by atoms with Crippen LogP contribution in [0.5, 0.6) is 17.2 Å². The smallest absolute Gasteiger partial charge is 0.246 e. The van der Waals surface area contributed by atoms with Gasteiger partial charge in [-0.05, 0) is 36.1 Å². The Morgan fingerprint density at radius 3 is 2.28 bits per heavy atom. The first-order valence-electron chi connectivity index (χ1n) is 9.59. The molecule has 0 saturated heterocycles. The van der Waals surface area contributed by atoms with Crippen LogP contribution in [-0.2, 0) is 4.79 Å². The van der Waals surface area contributed by atoms with Crippen LogP contribution >= 0.6 is 0 Å². The molecule has 0 unspecified atom stereocenters. The zero-order valence-electron chi connectivity index (χ0n) is 17.4. The molecule has 5 heteroatoms. The molecule has 0 radical (unpaired) electrons. The normalized spacial score (nSPS) is 13.9. The van der Waals surface area contributed by atoms with E-state index in [1.54, 1.807) is 27.4 Å². The van der Waals surface area contributed by atoms with E-state index in [0.717, 1.165) is 28.7 Å². The Bertz CT molecular complexity index is 921. The summed E-state index contributed by atoms with van der Waals surface area (Å²) in [5.74, 6) is 2.09. The molecule has 2 aromatic rings. The van der Waals surface area contributed by atoms with E-state index < -0.39 is 0 Å². The predicted octanol–water partition coefficient (Wildman–Crippen LogP) is 4.35. The van der Waals surface area contributed by atoms with Gasteiger partial charge >= 0.3 is 0 Å². The monoisotopic (exact) mass is 393 g/mol. The molecule has 1 aliphatic rings. The number of carbonyl (C=O) groups excluding carboxylic acids is 1. The zero-order chi connectivity index (χ0) is 20.8. The number of hydrogen-bond acceptors (Lipinski definition) is 4. The first-order chi connectivity index (χ1) is 14.1. The second-order valence-electron chi connectivity index (χ2n) is 6.86. The van der Waals surface area contributed by atoms with Crippen molar-refractivity contribution in [3.8, 4) is 17.2 Å². The maximum Gasteiger partial charge on any atom is 0.246 e. The number of ether oxygens (including phenoxy) is 3. The fourth-order valence-corrected chi connectivity index (χ4v) is 3.46. The highest BCUT2D eigenvalue weighted by Crippen LogP contribution is 2.40. The van der Waals surface area contributed by atoms with Crippen molar-refractivity contribution in [1.29, 1.82) is 0 Å². The summed E-state index contributed by atoms with van der Waals surface area (Å²) in [5.41, 5.74) is 4.23. The predicted molar refractivity (Wildman–Crippen MR) is 115 cm³/mol. The molecule has 3 rings (SSSR count). The molecule has 1 amide bonds. The van der Waals surface area contributed by atoms with Gasteiger partial charge in [-0.25, -0.2) is 0 Å². The average molecular weight is 393 g/mol. The SMILES string of the molecule is COc1cc(OC)c(C2=CCN(C(=O)/C=C/c3ccccc3C)CC2)c(OC)c1. The molecule has 0 bridgehead atoms. The summed E-state index contributed by atoms with van der Waals surface area (Å²) in [6.45, 7) is 3.22. The van der Waals surface area contributed by atoms with Gasteiger partial charge in [0.05, 0.1) is 26.9 Å². The van der Waals surface area contributed by atoms with E-state index in [1.807, 2.05) is 54.3 Å². The summed E-state index contributed by atoms with van der Waals surface area (Å²) in [5, 5.41) is 0. The number of benzene rings is 2. The molecule has 1 heterocycles. The summed E-state index contributed by atoms with van der Waals surface area (Å²) >= 11 is 0. The lowest BCUT2D eigenvalue weighted by atomic mass is 9.97. The van der Waals surface area contributed by atoms with Gasteiger partial charge < -0.3 is 19.1 Å². The maximum absolute atomic E-state index is 12.6. The van der Waals surface area contributed by atoms with Gasteiger partial charge in [-0.2, -0.15) is 0 Å². The number of aryl methyl sites for hydroxylation is 1. The third kappa shape index (κ3) is 4.62. The van der Waals surface area contributed by atoms with Crippen molar-refractivity contribution < 1.29 is 19.0 Å². The summed E-state index contributed by atoms with van der Waals surface area (Å²) < 4.78 is 16.4. The Hall–Kier alpha value is -3.21. The lowest BCUT2D eigenvalue weighted by Crippen LogP contribution is -2.33. The van der Waals surface area contributed by atoms with Gasteiger partial charge in [0.1, 0.15) is 17.2 Å². The van der Waals surface area contributed by atoms with E-state index in [2.05, 4.69) is 6.08 Å². The van der Waals surface area contributed by atoms with Gasteiger partial charge in [0.15, 0.2) is 0 Å². The van der Waals surface area contributed by atoms with Gasteiger partial charge in [0.2, 0.25) is 5.91 Å². The Morgan fingerprint density at radius 2 is 1.72 bits per heavy atom. The summed E-state index contributed by atoms with van der Waals surface area (Å²) in [6.07, 6.45) is 6.32. The molecule has 0 saturated carbocycles. The topological polar surface area (TPSA) is 48.0 Å². The van der Waals surface area contributed by atoms with E-state index >= 15 is 0 Å². The standard InChI is InChI=1S/C24H27NO4/c1-17-7-5-6-8-18(17)9-10-23(26)25-13-11-19(12-14-25)24-21(28-3)15-20(27-2)16-22(24)29-4/h5-11,15-16H,12-14H2,1-4H3/b10-9+. The summed E-state index contributed by atoms with van der Waals surface area (Å²) in [6, 6.07) is 11.7. The maximum atomic E-state index is 12.6. The minimum absolute atomic E-state index is 0.0113. The van der Waals surface area contributed by atoms with Crippen molar-refractivity contribution in [2.24, 2.45) is 0 Å². The molecule has 0 spiro atoms. The molecular formula is C24H27NO4. The van der Waals surface area contributed by atoms with E-state index in [0.29, 0.717) is 30.3 Å². The number of hydrogen-bond donors (Lipinski definition) is 0. The minimum atomic E-state index is 0.0113. The molecule has 1 aliphatic heterocycles. The number of nitrogens with zero attached hydrogens (tertiary/aromatic N) is 1. The molecule has 0 atom stereocenters. The Labute approximate surface area is 172 Å². The van der Waals surface area contributed by atoms with Crippen molar-refractivity contribution >= 4 is 17.6 Å². The molecule has 0 aliphatic carbocycles. The van der Waals surface area contributed by atoms with Crippen LogP contribution in [0.15, 0.2) is 48.6 Å². The largest absolute Gasteiger partial charge is 0.496 e. The van der Waals surface area contributed by atoms with Gasteiger partial charge in [0.25, 0.3) is 0 Å². The molecule has 29 heavy (non-hydrogen) atoms. The third-order valence-electron chi connectivity index (χ3n) is 5.15.